The Hall–Kier alpha value is -1.96. The molecule has 0 spiro atoms. The molecule has 0 bridgehead atoms. The van der Waals surface area contributed by atoms with E-state index in [0.29, 0.717) is 23.8 Å². The van der Waals surface area contributed by atoms with Crippen LogP contribution in [-0.4, -0.2) is 43.7 Å². The van der Waals surface area contributed by atoms with E-state index in [-0.39, 0.29) is 12.2 Å². The van der Waals surface area contributed by atoms with Crippen molar-refractivity contribution < 1.29 is 14.3 Å². The second-order valence-electron chi connectivity index (χ2n) is 5.94. The maximum absolute atomic E-state index is 12.3. The second kappa shape index (κ2) is 6.88. The van der Waals surface area contributed by atoms with Crippen molar-refractivity contribution in [3.8, 4) is 0 Å². The van der Waals surface area contributed by atoms with Gasteiger partial charge in [0, 0.05) is 23.4 Å². The van der Waals surface area contributed by atoms with Crippen LogP contribution in [0.4, 0.5) is 0 Å². The van der Waals surface area contributed by atoms with E-state index in [2.05, 4.69) is 15.1 Å². The highest BCUT2D eigenvalue weighted by Crippen LogP contribution is 2.20. The van der Waals surface area contributed by atoms with Crippen LogP contribution in [0.3, 0.4) is 0 Å². The average molecular weight is 348 g/mol. The average Bonchev–Trinajstić information content (AvgIpc) is 2.97. The number of carbonyl (C=O) groups excluding carboxylic acids is 2. The SMILES string of the molecule is CSc1nc2nc(C)c(CC(=O)O[C@@H]3CCCCC3=O)c(C)n2n1. The molecule has 0 radical (unpaired) electrons. The lowest BCUT2D eigenvalue weighted by atomic mass is 9.96. The van der Waals surface area contributed by atoms with E-state index in [1.807, 2.05) is 20.1 Å². The van der Waals surface area contributed by atoms with Gasteiger partial charge in [0.15, 0.2) is 11.9 Å². The van der Waals surface area contributed by atoms with Crippen molar-refractivity contribution in [2.75, 3.05) is 6.26 Å². The van der Waals surface area contributed by atoms with Crippen LogP contribution < -0.4 is 0 Å². The third-order valence-corrected chi connectivity index (χ3v) is 4.84. The van der Waals surface area contributed by atoms with Crippen molar-refractivity contribution in [1.29, 1.82) is 0 Å². The summed E-state index contributed by atoms with van der Waals surface area (Å²) in [7, 11) is 0. The lowest BCUT2D eigenvalue weighted by molar-refractivity contribution is -0.156. The predicted molar refractivity (Wildman–Crippen MR) is 89.1 cm³/mol. The Morgan fingerprint density at radius 1 is 1.33 bits per heavy atom. The monoisotopic (exact) mass is 348 g/mol. The maximum Gasteiger partial charge on any atom is 0.311 e. The van der Waals surface area contributed by atoms with E-state index in [4.69, 9.17) is 4.74 Å². The predicted octanol–water partition coefficient (Wildman–Crippen LogP) is 2.06. The molecule has 1 fully saturated rings. The normalized spacial score (nSPS) is 18.1. The number of hydrogen-bond donors (Lipinski definition) is 0. The Balaban J connectivity index is 1.81. The molecule has 7 nitrogen and oxygen atoms in total. The molecule has 0 aromatic carbocycles. The van der Waals surface area contributed by atoms with Crippen molar-refractivity contribution in [2.45, 2.75) is 57.2 Å². The van der Waals surface area contributed by atoms with Gasteiger partial charge in [-0.15, -0.1) is 5.10 Å². The number of fused-ring (bicyclic) bond motifs is 1. The molecule has 1 atom stereocenters. The fourth-order valence-corrected chi connectivity index (χ4v) is 3.29. The maximum atomic E-state index is 12.3. The van der Waals surface area contributed by atoms with Crippen molar-refractivity contribution in [1.82, 2.24) is 19.6 Å². The van der Waals surface area contributed by atoms with Gasteiger partial charge >= 0.3 is 5.97 Å². The molecule has 2 aromatic rings. The van der Waals surface area contributed by atoms with Gasteiger partial charge in [0.25, 0.3) is 5.78 Å². The number of esters is 1. The Morgan fingerprint density at radius 3 is 2.83 bits per heavy atom. The minimum Gasteiger partial charge on any atom is -0.454 e. The molecule has 0 unspecified atom stereocenters. The number of ketones is 1. The van der Waals surface area contributed by atoms with E-state index in [1.54, 1.807) is 4.52 Å². The highest BCUT2D eigenvalue weighted by Gasteiger charge is 2.26. The number of aromatic nitrogens is 4. The molecule has 1 saturated carbocycles. The van der Waals surface area contributed by atoms with Gasteiger partial charge in [-0.1, -0.05) is 11.8 Å². The molecule has 0 aliphatic heterocycles. The number of aryl methyl sites for hydroxylation is 2. The number of thioether (sulfide) groups is 1. The molecule has 2 aromatic heterocycles. The standard InChI is InChI=1S/C16H20N4O3S/c1-9-11(8-14(22)23-13-7-5-4-6-12(13)21)10(2)20-15(17-9)18-16(19-20)24-3/h13H,4-8H2,1-3H3/t13-/m1/s1. The molecule has 128 valence electrons. The molecule has 0 amide bonds. The van der Waals surface area contributed by atoms with Crippen LogP contribution in [0.15, 0.2) is 5.16 Å². The quantitative estimate of drug-likeness (QED) is 0.617. The van der Waals surface area contributed by atoms with Crippen LogP contribution in [-0.2, 0) is 20.7 Å². The van der Waals surface area contributed by atoms with E-state index >= 15 is 0 Å². The van der Waals surface area contributed by atoms with Crippen LogP contribution in [0.5, 0.6) is 0 Å². The zero-order valence-electron chi connectivity index (χ0n) is 14.0. The van der Waals surface area contributed by atoms with Gasteiger partial charge in [-0.2, -0.15) is 4.98 Å². The molecule has 1 aliphatic carbocycles. The molecule has 8 heteroatoms. The minimum atomic E-state index is -0.585. The van der Waals surface area contributed by atoms with Gasteiger partial charge in [-0.05, 0) is 39.4 Å². The molecule has 3 rings (SSSR count). The highest BCUT2D eigenvalue weighted by atomic mass is 32.2. The van der Waals surface area contributed by atoms with E-state index in [1.165, 1.54) is 11.8 Å². The van der Waals surface area contributed by atoms with Crippen molar-refractivity contribution >= 4 is 29.3 Å². The van der Waals surface area contributed by atoms with Gasteiger partial charge in [-0.25, -0.2) is 9.50 Å². The van der Waals surface area contributed by atoms with E-state index < -0.39 is 12.1 Å². The van der Waals surface area contributed by atoms with Gasteiger partial charge in [0.1, 0.15) is 0 Å². The molecule has 0 N–H and O–H groups in total. The number of Topliss-reactive ketones (excluding diaryl/α,β-unsaturated/α-hetero) is 1. The number of rotatable bonds is 4. The minimum absolute atomic E-state index is 0.0255. The summed E-state index contributed by atoms with van der Waals surface area (Å²) >= 11 is 1.44. The van der Waals surface area contributed by atoms with Crippen LogP contribution in [0.1, 0.15) is 42.6 Å². The van der Waals surface area contributed by atoms with Gasteiger partial charge < -0.3 is 4.74 Å². The topological polar surface area (TPSA) is 86.5 Å². The molecule has 1 aliphatic rings. The summed E-state index contributed by atoms with van der Waals surface area (Å²) in [5.41, 5.74) is 2.32. The number of hydrogen-bond acceptors (Lipinski definition) is 7. The van der Waals surface area contributed by atoms with Crippen LogP contribution in [0.2, 0.25) is 0 Å². The summed E-state index contributed by atoms with van der Waals surface area (Å²) < 4.78 is 7.04. The van der Waals surface area contributed by atoms with E-state index in [9.17, 15) is 9.59 Å². The Bertz CT molecular complexity index is 802. The number of nitrogens with zero attached hydrogens (tertiary/aromatic N) is 4. The summed E-state index contributed by atoms with van der Waals surface area (Å²) in [5.74, 6) is 0.152. The highest BCUT2D eigenvalue weighted by molar-refractivity contribution is 7.98. The largest absolute Gasteiger partial charge is 0.454 e. The fourth-order valence-electron chi connectivity index (χ4n) is 2.95. The van der Waals surface area contributed by atoms with Gasteiger partial charge in [0.05, 0.1) is 6.42 Å². The zero-order chi connectivity index (χ0) is 17.3. The summed E-state index contributed by atoms with van der Waals surface area (Å²) in [5, 5.41) is 5.00. The summed E-state index contributed by atoms with van der Waals surface area (Å²) in [6, 6.07) is 0. The van der Waals surface area contributed by atoms with Crippen molar-refractivity contribution in [2.24, 2.45) is 0 Å². The first kappa shape index (κ1) is 16.9. The summed E-state index contributed by atoms with van der Waals surface area (Å²) in [6.45, 7) is 3.73. The first-order valence-electron chi connectivity index (χ1n) is 7.98. The lowest BCUT2D eigenvalue weighted by Gasteiger charge is -2.21. The third kappa shape index (κ3) is 3.28. The second-order valence-corrected chi connectivity index (χ2v) is 6.71. The Kier molecular flexibility index (Phi) is 4.84. The van der Waals surface area contributed by atoms with Crippen molar-refractivity contribution in [3.63, 3.8) is 0 Å². The smallest absolute Gasteiger partial charge is 0.311 e. The van der Waals surface area contributed by atoms with Crippen LogP contribution in [0.25, 0.3) is 5.78 Å². The molecular weight excluding hydrogens is 328 g/mol. The zero-order valence-corrected chi connectivity index (χ0v) is 14.9. The van der Waals surface area contributed by atoms with Gasteiger partial charge in [0.2, 0.25) is 5.16 Å². The van der Waals surface area contributed by atoms with Crippen molar-refractivity contribution in [3.05, 3.63) is 17.0 Å². The first-order chi connectivity index (χ1) is 11.5. The molecule has 0 saturated heterocycles. The Labute approximate surface area is 144 Å². The van der Waals surface area contributed by atoms with Crippen LogP contribution in [0, 0.1) is 13.8 Å². The van der Waals surface area contributed by atoms with Gasteiger partial charge in [-0.3, -0.25) is 9.59 Å². The molecular formula is C16H20N4O3S. The van der Waals surface area contributed by atoms with E-state index in [0.717, 1.165) is 29.8 Å². The number of ether oxygens (including phenoxy) is 1. The fraction of sp³-hybridized carbons (Fsp3) is 0.562. The lowest BCUT2D eigenvalue weighted by Crippen LogP contribution is -2.31. The first-order valence-corrected chi connectivity index (χ1v) is 9.21. The summed E-state index contributed by atoms with van der Waals surface area (Å²) in [6.07, 6.45) is 4.33. The Morgan fingerprint density at radius 2 is 2.12 bits per heavy atom. The van der Waals surface area contributed by atoms with Crippen LogP contribution >= 0.6 is 11.8 Å². The molecule has 24 heavy (non-hydrogen) atoms. The summed E-state index contributed by atoms with van der Waals surface area (Å²) in [4.78, 5) is 32.8. The number of carbonyl (C=O) groups is 2. The third-order valence-electron chi connectivity index (χ3n) is 4.31. The molecule has 2 heterocycles.